The van der Waals surface area contributed by atoms with Gasteiger partial charge in [0.1, 0.15) is 6.04 Å². The summed E-state index contributed by atoms with van der Waals surface area (Å²) in [7, 11) is 0. The van der Waals surface area contributed by atoms with E-state index in [0.29, 0.717) is 17.2 Å². The molecule has 0 saturated carbocycles. The quantitative estimate of drug-likeness (QED) is 0.500. The number of nitrogens with zero attached hydrogens (tertiary/aromatic N) is 1. The lowest BCUT2D eigenvalue weighted by Crippen LogP contribution is -2.54. The first-order chi connectivity index (χ1) is 13.5. The monoisotopic (exact) mass is 384 g/mol. The molecule has 1 aromatic carbocycles. The molecule has 28 heavy (non-hydrogen) atoms. The lowest BCUT2D eigenvalue weighted by atomic mass is 10.0. The molecule has 3 aliphatic rings. The molecule has 2 saturated heterocycles. The first-order valence-corrected chi connectivity index (χ1v) is 9.87. The number of fused-ring (bicyclic) bond motifs is 1. The van der Waals surface area contributed by atoms with Crippen LogP contribution in [0.25, 0.3) is 0 Å². The fourth-order valence-corrected chi connectivity index (χ4v) is 4.17. The van der Waals surface area contributed by atoms with Gasteiger partial charge in [-0.05, 0) is 56.8 Å². The highest BCUT2D eigenvalue weighted by Gasteiger charge is 2.44. The van der Waals surface area contributed by atoms with Crippen LogP contribution < -0.4 is 16.0 Å². The van der Waals surface area contributed by atoms with Gasteiger partial charge in [0.05, 0.1) is 11.1 Å². The van der Waals surface area contributed by atoms with E-state index >= 15 is 0 Å². The summed E-state index contributed by atoms with van der Waals surface area (Å²) in [4.78, 5) is 49.9. The Morgan fingerprint density at radius 1 is 1.07 bits per heavy atom. The third-order valence-electron chi connectivity index (χ3n) is 5.66. The normalized spacial score (nSPS) is 24.5. The summed E-state index contributed by atoms with van der Waals surface area (Å²) in [6, 6.07) is 4.76. The van der Waals surface area contributed by atoms with E-state index in [1.165, 1.54) is 12.8 Å². The number of hydrogen-bond donors (Lipinski definition) is 3. The van der Waals surface area contributed by atoms with E-state index in [2.05, 4.69) is 16.0 Å². The summed E-state index contributed by atoms with van der Waals surface area (Å²) in [6.07, 6.45) is 4.87. The molecule has 2 fully saturated rings. The van der Waals surface area contributed by atoms with E-state index in [4.69, 9.17) is 0 Å². The molecule has 1 unspecified atom stereocenters. The van der Waals surface area contributed by atoms with Crippen molar-refractivity contribution in [3.05, 3.63) is 29.3 Å². The Hall–Kier alpha value is -2.74. The Morgan fingerprint density at radius 2 is 1.89 bits per heavy atom. The number of piperidine rings is 1. The van der Waals surface area contributed by atoms with Crippen LogP contribution in [0.15, 0.2) is 18.2 Å². The Morgan fingerprint density at radius 3 is 2.64 bits per heavy atom. The molecule has 3 heterocycles. The number of imide groups is 2. The van der Waals surface area contributed by atoms with E-state index in [0.717, 1.165) is 36.5 Å². The van der Waals surface area contributed by atoms with Crippen LogP contribution in [0, 0.1) is 0 Å². The van der Waals surface area contributed by atoms with Crippen LogP contribution in [0.1, 0.15) is 59.2 Å². The Kier molecular flexibility index (Phi) is 5.13. The molecule has 1 aromatic rings. The summed E-state index contributed by atoms with van der Waals surface area (Å²) in [5.41, 5.74) is 1.39. The Labute approximate surface area is 163 Å². The van der Waals surface area contributed by atoms with Crippen LogP contribution in [0.4, 0.5) is 5.69 Å². The standard InChI is InChI=1S/C20H24N4O4/c25-17-8-7-16(18(26)23-17)24-19(27)14-6-5-13(11-15(14)20(24)28)22-10-2-4-12-3-1-9-21-12/h5-6,11-12,16,21-22H,1-4,7-10H2,(H,23,25,26)/t12-,16?/m1/s1. The van der Waals surface area contributed by atoms with Gasteiger partial charge in [0.15, 0.2) is 0 Å². The molecule has 0 aromatic heterocycles. The smallest absolute Gasteiger partial charge is 0.262 e. The zero-order chi connectivity index (χ0) is 19.7. The van der Waals surface area contributed by atoms with Crippen molar-refractivity contribution in [3.8, 4) is 0 Å². The molecule has 2 atom stereocenters. The molecule has 0 radical (unpaired) electrons. The largest absolute Gasteiger partial charge is 0.385 e. The van der Waals surface area contributed by atoms with Gasteiger partial charge in [-0.25, -0.2) is 0 Å². The second kappa shape index (κ2) is 7.71. The van der Waals surface area contributed by atoms with Crippen molar-refractivity contribution >= 4 is 29.3 Å². The van der Waals surface area contributed by atoms with Crippen molar-refractivity contribution in [2.24, 2.45) is 0 Å². The number of amides is 4. The zero-order valence-electron chi connectivity index (χ0n) is 15.6. The maximum Gasteiger partial charge on any atom is 0.262 e. The highest BCUT2D eigenvalue weighted by Crippen LogP contribution is 2.29. The van der Waals surface area contributed by atoms with E-state index < -0.39 is 23.8 Å². The number of carbonyl (C=O) groups excluding carboxylic acids is 4. The minimum Gasteiger partial charge on any atom is -0.385 e. The lowest BCUT2D eigenvalue weighted by molar-refractivity contribution is -0.136. The van der Waals surface area contributed by atoms with Crippen molar-refractivity contribution in [2.75, 3.05) is 18.4 Å². The van der Waals surface area contributed by atoms with Gasteiger partial charge < -0.3 is 10.6 Å². The lowest BCUT2D eigenvalue weighted by Gasteiger charge is -2.27. The van der Waals surface area contributed by atoms with Crippen LogP contribution >= 0.6 is 0 Å². The molecular weight excluding hydrogens is 360 g/mol. The Bertz CT molecular complexity index is 831. The van der Waals surface area contributed by atoms with Gasteiger partial charge in [-0.1, -0.05) is 0 Å². The third kappa shape index (κ3) is 3.52. The van der Waals surface area contributed by atoms with Crippen molar-refractivity contribution < 1.29 is 19.2 Å². The first-order valence-electron chi connectivity index (χ1n) is 9.87. The van der Waals surface area contributed by atoms with Gasteiger partial charge in [0, 0.05) is 24.7 Å². The van der Waals surface area contributed by atoms with E-state index in [1.807, 2.05) is 0 Å². The van der Waals surface area contributed by atoms with Gasteiger partial charge in [-0.3, -0.25) is 29.4 Å². The van der Waals surface area contributed by atoms with E-state index in [-0.39, 0.29) is 18.7 Å². The maximum atomic E-state index is 12.8. The first kappa shape index (κ1) is 18.6. The molecule has 4 rings (SSSR count). The SMILES string of the molecule is O=C1CCC(N2C(=O)c3ccc(NCCC[C@H]4CCCN4)cc3C2=O)C(=O)N1. The van der Waals surface area contributed by atoms with Crippen molar-refractivity contribution in [1.82, 2.24) is 15.5 Å². The molecule has 148 valence electrons. The highest BCUT2D eigenvalue weighted by atomic mass is 16.2. The average Bonchev–Trinajstić information content (AvgIpc) is 3.27. The summed E-state index contributed by atoms with van der Waals surface area (Å²) < 4.78 is 0. The molecule has 0 aliphatic carbocycles. The summed E-state index contributed by atoms with van der Waals surface area (Å²) in [6.45, 7) is 1.89. The van der Waals surface area contributed by atoms with Gasteiger partial charge in [0.2, 0.25) is 11.8 Å². The number of rotatable bonds is 6. The number of carbonyl (C=O) groups is 4. The summed E-state index contributed by atoms with van der Waals surface area (Å²) in [5.74, 6) is -1.93. The predicted molar refractivity (Wildman–Crippen MR) is 102 cm³/mol. The van der Waals surface area contributed by atoms with Crippen LogP contribution in [-0.4, -0.2) is 53.7 Å². The van der Waals surface area contributed by atoms with Crippen LogP contribution in [-0.2, 0) is 9.59 Å². The second-order valence-electron chi connectivity index (χ2n) is 7.57. The minimum absolute atomic E-state index is 0.118. The predicted octanol–water partition coefficient (Wildman–Crippen LogP) is 1.03. The van der Waals surface area contributed by atoms with Gasteiger partial charge in [-0.2, -0.15) is 0 Å². The molecule has 8 nitrogen and oxygen atoms in total. The molecule has 4 amide bonds. The van der Waals surface area contributed by atoms with Crippen molar-refractivity contribution in [3.63, 3.8) is 0 Å². The van der Waals surface area contributed by atoms with Gasteiger partial charge in [-0.15, -0.1) is 0 Å². The summed E-state index contributed by atoms with van der Waals surface area (Å²) >= 11 is 0. The molecule has 0 bridgehead atoms. The number of hydrogen-bond acceptors (Lipinski definition) is 6. The van der Waals surface area contributed by atoms with Crippen LogP contribution in [0.5, 0.6) is 0 Å². The molecule has 3 aliphatic heterocycles. The van der Waals surface area contributed by atoms with Crippen molar-refractivity contribution in [2.45, 2.75) is 50.6 Å². The molecule has 8 heteroatoms. The maximum absolute atomic E-state index is 12.8. The topological polar surface area (TPSA) is 108 Å². The number of benzene rings is 1. The third-order valence-corrected chi connectivity index (χ3v) is 5.66. The fraction of sp³-hybridized carbons (Fsp3) is 0.500. The average molecular weight is 384 g/mol. The van der Waals surface area contributed by atoms with Crippen molar-refractivity contribution in [1.29, 1.82) is 0 Å². The molecule has 0 spiro atoms. The second-order valence-corrected chi connectivity index (χ2v) is 7.57. The zero-order valence-corrected chi connectivity index (χ0v) is 15.6. The highest BCUT2D eigenvalue weighted by molar-refractivity contribution is 6.23. The number of nitrogens with one attached hydrogen (secondary N) is 3. The van der Waals surface area contributed by atoms with Gasteiger partial charge in [0.25, 0.3) is 11.8 Å². The summed E-state index contributed by atoms with van der Waals surface area (Å²) in [5, 5.41) is 8.98. The molecule has 3 N–H and O–H groups in total. The van der Waals surface area contributed by atoms with E-state index in [1.54, 1.807) is 18.2 Å². The number of anilines is 1. The fourth-order valence-electron chi connectivity index (χ4n) is 4.17. The van der Waals surface area contributed by atoms with E-state index in [9.17, 15) is 19.2 Å². The Balaban J connectivity index is 1.40. The minimum atomic E-state index is -0.930. The van der Waals surface area contributed by atoms with Crippen LogP contribution in [0.3, 0.4) is 0 Å². The molecular formula is C20H24N4O4. The van der Waals surface area contributed by atoms with Gasteiger partial charge >= 0.3 is 0 Å². The van der Waals surface area contributed by atoms with Crippen LogP contribution in [0.2, 0.25) is 0 Å².